The molecule has 0 aliphatic heterocycles. The van der Waals surface area contributed by atoms with Crippen LogP contribution in [0, 0.1) is 18.8 Å². The minimum absolute atomic E-state index is 0.0379. The van der Waals surface area contributed by atoms with E-state index >= 15 is 0 Å². The maximum Gasteiger partial charge on any atom is 0.252 e. The van der Waals surface area contributed by atoms with Crippen LogP contribution < -0.4 is 5.32 Å². The Morgan fingerprint density at radius 3 is 2.89 bits per heavy atom. The molecule has 0 bridgehead atoms. The van der Waals surface area contributed by atoms with Gasteiger partial charge in [-0.05, 0) is 25.5 Å². The van der Waals surface area contributed by atoms with Gasteiger partial charge in [-0.3, -0.25) is 4.79 Å². The molecule has 1 aromatic rings. The first-order valence-corrected chi connectivity index (χ1v) is 6.17. The van der Waals surface area contributed by atoms with E-state index in [1.54, 1.807) is 0 Å². The second kappa shape index (κ2) is 7.52. The summed E-state index contributed by atoms with van der Waals surface area (Å²) in [4.78, 5) is 12.0. The van der Waals surface area contributed by atoms with Crippen molar-refractivity contribution in [3.8, 4) is 11.8 Å². The molecule has 0 unspecified atom stereocenters. The number of carbonyl (C=O) groups excluding carboxylic acids is 1. The average Bonchev–Trinajstić information content (AvgIpc) is 2.38. The molecule has 0 aliphatic carbocycles. The lowest BCUT2D eigenvalue weighted by molar-refractivity contribution is 0.0953. The second-order valence-electron chi connectivity index (χ2n) is 4.08. The number of nitrogens with one attached hydrogen (secondary N) is 1. The lowest BCUT2D eigenvalue weighted by Crippen LogP contribution is -2.24. The number of aryl methyl sites for hydroxylation is 1. The van der Waals surface area contributed by atoms with Crippen LogP contribution in [0.15, 0.2) is 18.2 Å². The number of benzene rings is 1. The van der Waals surface area contributed by atoms with E-state index in [1.807, 2.05) is 32.0 Å². The first-order valence-electron chi connectivity index (χ1n) is 6.17. The number of aliphatic hydroxyl groups is 1. The van der Waals surface area contributed by atoms with Crippen molar-refractivity contribution in [3.05, 3.63) is 34.9 Å². The summed E-state index contributed by atoms with van der Waals surface area (Å²) in [5.41, 5.74) is 2.35. The molecule has 0 spiro atoms. The van der Waals surface area contributed by atoms with E-state index in [9.17, 15) is 4.79 Å². The quantitative estimate of drug-likeness (QED) is 0.796. The molecule has 0 saturated carbocycles. The maximum absolute atomic E-state index is 12.0. The Bertz CT molecular complexity index is 469. The van der Waals surface area contributed by atoms with Gasteiger partial charge in [0.1, 0.15) is 0 Å². The van der Waals surface area contributed by atoms with Gasteiger partial charge in [0, 0.05) is 18.5 Å². The number of aliphatic hydroxyl groups excluding tert-OH is 1. The van der Waals surface area contributed by atoms with E-state index in [0.717, 1.165) is 12.0 Å². The molecule has 0 saturated heterocycles. The Balaban J connectivity index is 2.97. The molecule has 1 amide bonds. The van der Waals surface area contributed by atoms with Gasteiger partial charge in [0.05, 0.1) is 12.2 Å². The van der Waals surface area contributed by atoms with Crippen molar-refractivity contribution in [1.82, 2.24) is 5.32 Å². The minimum Gasteiger partial charge on any atom is -0.395 e. The van der Waals surface area contributed by atoms with Crippen molar-refractivity contribution in [1.29, 1.82) is 0 Å². The predicted molar refractivity (Wildman–Crippen MR) is 72.4 cm³/mol. The third-order valence-corrected chi connectivity index (χ3v) is 2.42. The van der Waals surface area contributed by atoms with Gasteiger partial charge in [0.25, 0.3) is 5.91 Å². The van der Waals surface area contributed by atoms with E-state index in [4.69, 9.17) is 5.11 Å². The molecule has 18 heavy (non-hydrogen) atoms. The predicted octanol–water partition coefficient (Wildman–Crippen LogP) is 1.87. The largest absolute Gasteiger partial charge is 0.395 e. The van der Waals surface area contributed by atoms with Gasteiger partial charge >= 0.3 is 0 Å². The summed E-state index contributed by atoms with van der Waals surface area (Å²) in [6.07, 6.45) is 1.33. The Morgan fingerprint density at radius 1 is 1.44 bits per heavy atom. The average molecular weight is 245 g/mol. The van der Waals surface area contributed by atoms with Crippen LogP contribution in [0.5, 0.6) is 0 Å². The standard InChI is InChI=1S/C15H19NO2/c1-3-9-16-15(18)14-11-12(2)7-8-13(14)6-4-5-10-17/h7-8,11,17H,3,5,9-10H2,1-2H3,(H,16,18). The maximum atomic E-state index is 12.0. The number of carbonyl (C=O) groups is 1. The summed E-state index contributed by atoms with van der Waals surface area (Å²) in [6, 6.07) is 5.62. The fraction of sp³-hybridized carbons (Fsp3) is 0.400. The molecule has 0 aliphatic rings. The van der Waals surface area contributed by atoms with Crippen LogP contribution >= 0.6 is 0 Å². The van der Waals surface area contributed by atoms with Crippen LogP contribution in [-0.4, -0.2) is 24.2 Å². The van der Waals surface area contributed by atoms with Crippen molar-refractivity contribution in [2.24, 2.45) is 0 Å². The summed E-state index contributed by atoms with van der Waals surface area (Å²) >= 11 is 0. The topological polar surface area (TPSA) is 49.3 Å². The molecule has 2 N–H and O–H groups in total. The van der Waals surface area contributed by atoms with Crippen molar-refractivity contribution >= 4 is 5.91 Å². The zero-order valence-electron chi connectivity index (χ0n) is 10.9. The zero-order valence-corrected chi connectivity index (χ0v) is 10.9. The van der Waals surface area contributed by atoms with E-state index in [-0.39, 0.29) is 12.5 Å². The van der Waals surface area contributed by atoms with E-state index in [2.05, 4.69) is 17.2 Å². The van der Waals surface area contributed by atoms with Gasteiger partial charge in [-0.25, -0.2) is 0 Å². The first-order chi connectivity index (χ1) is 8.69. The van der Waals surface area contributed by atoms with Crippen molar-refractivity contribution in [2.75, 3.05) is 13.2 Å². The highest BCUT2D eigenvalue weighted by Gasteiger charge is 2.09. The minimum atomic E-state index is -0.0890. The molecule has 0 atom stereocenters. The highest BCUT2D eigenvalue weighted by Crippen LogP contribution is 2.11. The Morgan fingerprint density at radius 2 is 2.22 bits per heavy atom. The number of hydrogen-bond acceptors (Lipinski definition) is 2. The third kappa shape index (κ3) is 4.23. The van der Waals surface area contributed by atoms with E-state index < -0.39 is 0 Å². The molecule has 3 nitrogen and oxygen atoms in total. The summed E-state index contributed by atoms with van der Waals surface area (Å²) < 4.78 is 0. The molecule has 3 heteroatoms. The highest BCUT2D eigenvalue weighted by molar-refractivity contribution is 5.96. The van der Waals surface area contributed by atoms with Gasteiger partial charge in [-0.2, -0.15) is 0 Å². The van der Waals surface area contributed by atoms with Gasteiger partial charge in [-0.15, -0.1) is 0 Å². The van der Waals surface area contributed by atoms with Crippen molar-refractivity contribution in [3.63, 3.8) is 0 Å². The Labute approximate surface area is 108 Å². The van der Waals surface area contributed by atoms with Crippen molar-refractivity contribution < 1.29 is 9.90 Å². The fourth-order valence-electron chi connectivity index (χ4n) is 1.50. The highest BCUT2D eigenvalue weighted by atomic mass is 16.2. The molecule has 1 aromatic carbocycles. The number of rotatable bonds is 4. The molecule has 0 fully saturated rings. The van der Waals surface area contributed by atoms with Gasteiger partial charge in [0.15, 0.2) is 0 Å². The van der Waals surface area contributed by atoms with Crippen LogP contribution in [0.3, 0.4) is 0 Å². The first kappa shape index (κ1) is 14.3. The smallest absolute Gasteiger partial charge is 0.252 e. The molecule has 0 radical (unpaired) electrons. The van der Waals surface area contributed by atoms with Crippen molar-refractivity contribution in [2.45, 2.75) is 26.7 Å². The molecule has 96 valence electrons. The third-order valence-electron chi connectivity index (χ3n) is 2.42. The van der Waals surface area contributed by atoms with Crippen LogP contribution in [-0.2, 0) is 0 Å². The number of hydrogen-bond donors (Lipinski definition) is 2. The Hall–Kier alpha value is -1.79. The summed E-state index contributed by atoms with van der Waals surface area (Å²) in [6.45, 7) is 4.66. The SMILES string of the molecule is CCCNC(=O)c1cc(C)ccc1C#CCCO. The fourth-order valence-corrected chi connectivity index (χ4v) is 1.50. The monoisotopic (exact) mass is 245 g/mol. The van der Waals surface area contributed by atoms with E-state index in [1.165, 1.54) is 0 Å². The van der Waals surface area contributed by atoms with Crippen LogP contribution in [0.1, 0.15) is 41.3 Å². The van der Waals surface area contributed by atoms with Crippen LogP contribution in [0.25, 0.3) is 0 Å². The Kier molecular flexibility index (Phi) is 5.96. The second-order valence-corrected chi connectivity index (χ2v) is 4.08. The van der Waals surface area contributed by atoms with E-state index in [0.29, 0.717) is 24.1 Å². The molecule has 1 rings (SSSR count). The van der Waals surface area contributed by atoms with Crippen LogP contribution in [0.2, 0.25) is 0 Å². The summed E-state index contributed by atoms with van der Waals surface area (Å²) in [5, 5.41) is 11.6. The summed E-state index contributed by atoms with van der Waals surface area (Å²) in [7, 11) is 0. The lowest BCUT2D eigenvalue weighted by atomic mass is 10.0. The molecular weight excluding hydrogens is 226 g/mol. The summed E-state index contributed by atoms with van der Waals surface area (Å²) in [5.74, 6) is 5.68. The zero-order chi connectivity index (χ0) is 13.4. The van der Waals surface area contributed by atoms with Gasteiger partial charge < -0.3 is 10.4 Å². The molecular formula is C15H19NO2. The lowest BCUT2D eigenvalue weighted by Gasteiger charge is -2.07. The van der Waals surface area contributed by atoms with Gasteiger partial charge in [0.2, 0.25) is 0 Å². The number of amides is 1. The molecule has 0 aromatic heterocycles. The van der Waals surface area contributed by atoms with Crippen LogP contribution in [0.4, 0.5) is 0 Å². The molecule has 0 heterocycles. The van der Waals surface area contributed by atoms with Gasteiger partial charge in [-0.1, -0.05) is 30.4 Å². The normalized spacial score (nSPS) is 9.50.